The van der Waals surface area contributed by atoms with Gasteiger partial charge in [0.25, 0.3) is 0 Å². The van der Waals surface area contributed by atoms with Gasteiger partial charge in [-0.3, -0.25) is 0 Å². The second-order valence-corrected chi connectivity index (χ2v) is 6.27. The Hall–Kier alpha value is 0. The van der Waals surface area contributed by atoms with Crippen LogP contribution in [0.25, 0.3) is 0 Å². The highest BCUT2D eigenvalue weighted by Crippen LogP contribution is 2.36. The van der Waals surface area contributed by atoms with Crippen LogP contribution in [0, 0.1) is 18.3 Å². The van der Waals surface area contributed by atoms with Crippen molar-refractivity contribution in [3.8, 4) is 0 Å². The Bertz CT molecular complexity index is 173. The summed E-state index contributed by atoms with van der Waals surface area (Å²) in [4.78, 5) is 0. The maximum atomic E-state index is 4.27. The second kappa shape index (κ2) is 7.35. The number of rotatable bonds is 2. The molecule has 0 aromatic carbocycles. The van der Waals surface area contributed by atoms with Crippen molar-refractivity contribution in [2.75, 3.05) is 0 Å². The van der Waals surface area contributed by atoms with Crippen LogP contribution in [-0.2, 0) is 0 Å². The molecule has 0 heteroatoms. The molecule has 0 N–H and O–H groups in total. The van der Waals surface area contributed by atoms with Crippen LogP contribution >= 0.6 is 0 Å². The maximum absolute atomic E-state index is 4.27. The Labute approximate surface area is 103 Å². The average Bonchev–Trinajstić information content (AvgIpc) is 2.27. The van der Waals surface area contributed by atoms with Crippen LogP contribution in [0.5, 0.6) is 0 Å². The van der Waals surface area contributed by atoms with Crippen LogP contribution in [0.2, 0.25) is 0 Å². The molecule has 0 heterocycles. The highest BCUT2D eigenvalue weighted by molar-refractivity contribution is 4.75. The monoisotopic (exact) mass is 223 g/mol. The van der Waals surface area contributed by atoms with E-state index in [1.807, 2.05) is 0 Å². The molecule has 2 unspecified atom stereocenters. The van der Waals surface area contributed by atoms with E-state index in [4.69, 9.17) is 0 Å². The molecule has 1 aliphatic rings. The third-order valence-corrected chi connectivity index (χ3v) is 4.39. The summed E-state index contributed by atoms with van der Waals surface area (Å²) in [6.07, 6.45) is 15.6. The first-order valence-electron chi connectivity index (χ1n) is 7.49. The quantitative estimate of drug-likeness (QED) is 0.521. The van der Waals surface area contributed by atoms with Gasteiger partial charge in [0.05, 0.1) is 0 Å². The van der Waals surface area contributed by atoms with Gasteiger partial charge in [0.15, 0.2) is 0 Å². The van der Waals surface area contributed by atoms with Crippen molar-refractivity contribution in [1.29, 1.82) is 0 Å². The SMILES string of the molecule is [CH2-]C1CCCCCC(C)(CCC)CCCC1. The lowest BCUT2D eigenvalue weighted by atomic mass is 9.76. The second-order valence-electron chi connectivity index (χ2n) is 6.27. The summed E-state index contributed by atoms with van der Waals surface area (Å²) < 4.78 is 0. The van der Waals surface area contributed by atoms with Gasteiger partial charge in [0, 0.05) is 0 Å². The molecule has 1 fully saturated rings. The lowest BCUT2D eigenvalue weighted by Gasteiger charge is -2.29. The normalized spacial score (nSPS) is 34.3. The van der Waals surface area contributed by atoms with Crippen LogP contribution in [0.15, 0.2) is 0 Å². The molecule has 0 nitrogen and oxygen atoms in total. The molecule has 1 aliphatic carbocycles. The predicted octanol–water partition coefficient (Wildman–Crippen LogP) is 5.77. The van der Waals surface area contributed by atoms with Gasteiger partial charge in [0.1, 0.15) is 0 Å². The van der Waals surface area contributed by atoms with E-state index in [0.717, 1.165) is 5.92 Å². The molecule has 0 aromatic rings. The van der Waals surface area contributed by atoms with Crippen molar-refractivity contribution in [3.05, 3.63) is 6.92 Å². The van der Waals surface area contributed by atoms with Gasteiger partial charge >= 0.3 is 0 Å². The van der Waals surface area contributed by atoms with Crippen molar-refractivity contribution in [3.63, 3.8) is 0 Å². The van der Waals surface area contributed by atoms with Crippen LogP contribution in [-0.4, -0.2) is 0 Å². The standard InChI is InChI=1S/C16H31/c1-4-12-16(3)13-8-5-6-10-15(2)11-7-9-14-16/h15H,2,4-14H2,1,3H3/q-1. The minimum atomic E-state index is 0.649. The average molecular weight is 223 g/mol. The highest BCUT2D eigenvalue weighted by Gasteiger charge is 2.22. The molecule has 2 atom stereocenters. The molecule has 0 saturated heterocycles. The zero-order chi connectivity index (χ0) is 11.9. The zero-order valence-electron chi connectivity index (χ0n) is 11.6. The topological polar surface area (TPSA) is 0 Å². The molecule has 0 aliphatic heterocycles. The van der Waals surface area contributed by atoms with Gasteiger partial charge in [-0.2, -0.15) is 5.92 Å². The molecule has 0 amide bonds. The Morgan fingerprint density at radius 3 is 2.19 bits per heavy atom. The number of hydrogen-bond donors (Lipinski definition) is 0. The molecule has 0 aromatic heterocycles. The van der Waals surface area contributed by atoms with Crippen LogP contribution < -0.4 is 0 Å². The summed E-state index contributed by atoms with van der Waals surface area (Å²) in [5.41, 5.74) is 0.649. The lowest BCUT2D eigenvalue weighted by molar-refractivity contribution is 0.231. The first-order chi connectivity index (χ1) is 7.66. The van der Waals surface area contributed by atoms with E-state index in [1.165, 1.54) is 70.6 Å². The number of hydrogen-bond acceptors (Lipinski definition) is 0. The summed E-state index contributed by atoms with van der Waals surface area (Å²) in [5.74, 6) is 0.732. The van der Waals surface area contributed by atoms with Gasteiger partial charge in [-0.15, -0.1) is 0 Å². The van der Waals surface area contributed by atoms with E-state index < -0.39 is 0 Å². The fourth-order valence-corrected chi connectivity index (χ4v) is 3.27. The lowest BCUT2D eigenvalue weighted by Crippen LogP contribution is -2.16. The van der Waals surface area contributed by atoms with Crippen molar-refractivity contribution in [2.45, 2.75) is 84.5 Å². The van der Waals surface area contributed by atoms with E-state index in [2.05, 4.69) is 20.8 Å². The van der Waals surface area contributed by atoms with Gasteiger partial charge in [0.2, 0.25) is 0 Å². The van der Waals surface area contributed by atoms with Crippen LogP contribution in [0.3, 0.4) is 0 Å². The highest BCUT2D eigenvalue weighted by atomic mass is 14.3. The zero-order valence-corrected chi connectivity index (χ0v) is 11.6. The van der Waals surface area contributed by atoms with E-state index in [1.54, 1.807) is 0 Å². The molecule has 16 heavy (non-hydrogen) atoms. The fraction of sp³-hybridized carbons (Fsp3) is 0.938. The largest absolute Gasteiger partial charge is 0.340 e. The molecular formula is C16H31-. The molecule has 0 spiro atoms. The molecule has 1 rings (SSSR count). The van der Waals surface area contributed by atoms with Crippen LogP contribution in [0.4, 0.5) is 0 Å². The summed E-state index contributed by atoms with van der Waals surface area (Å²) in [6.45, 7) is 9.13. The van der Waals surface area contributed by atoms with Gasteiger partial charge in [-0.05, 0) is 24.7 Å². The third kappa shape index (κ3) is 5.37. The Morgan fingerprint density at radius 1 is 1.00 bits per heavy atom. The Morgan fingerprint density at radius 2 is 1.56 bits per heavy atom. The molecule has 1 saturated carbocycles. The minimum absolute atomic E-state index is 0.649. The van der Waals surface area contributed by atoms with Gasteiger partial charge < -0.3 is 6.92 Å². The first-order valence-corrected chi connectivity index (χ1v) is 7.49. The van der Waals surface area contributed by atoms with E-state index in [0.29, 0.717) is 5.41 Å². The summed E-state index contributed by atoms with van der Waals surface area (Å²) in [5, 5.41) is 0. The smallest absolute Gasteiger partial charge is 0.0326 e. The molecule has 96 valence electrons. The van der Waals surface area contributed by atoms with E-state index in [9.17, 15) is 0 Å². The predicted molar refractivity (Wildman–Crippen MR) is 73.4 cm³/mol. The summed E-state index contributed by atoms with van der Waals surface area (Å²) in [6, 6.07) is 0. The fourth-order valence-electron chi connectivity index (χ4n) is 3.27. The van der Waals surface area contributed by atoms with Crippen molar-refractivity contribution in [1.82, 2.24) is 0 Å². The van der Waals surface area contributed by atoms with E-state index >= 15 is 0 Å². The van der Waals surface area contributed by atoms with Crippen molar-refractivity contribution in [2.24, 2.45) is 11.3 Å². The van der Waals surface area contributed by atoms with Crippen LogP contribution in [0.1, 0.15) is 84.5 Å². The van der Waals surface area contributed by atoms with Crippen molar-refractivity contribution >= 4 is 0 Å². The molecule has 0 bridgehead atoms. The molecular weight excluding hydrogens is 192 g/mol. The van der Waals surface area contributed by atoms with E-state index in [-0.39, 0.29) is 0 Å². The molecule has 0 radical (unpaired) electrons. The van der Waals surface area contributed by atoms with Crippen molar-refractivity contribution < 1.29 is 0 Å². The minimum Gasteiger partial charge on any atom is -0.340 e. The third-order valence-electron chi connectivity index (χ3n) is 4.39. The Balaban J connectivity index is 2.42. The Kier molecular flexibility index (Phi) is 6.46. The summed E-state index contributed by atoms with van der Waals surface area (Å²) >= 11 is 0. The van der Waals surface area contributed by atoms with Gasteiger partial charge in [-0.25, -0.2) is 0 Å². The summed E-state index contributed by atoms with van der Waals surface area (Å²) in [7, 11) is 0. The maximum Gasteiger partial charge on any atom is -0.0326 e. The first kappa shape index (κ1) is 14.1. The van der Waals surface area contributed by atoms with Gasteiger partial charge in [-0.1, -0.05) is 65.2 Å².